The van der Waals surface area contributed by atoms with E-state index in [1.165, 1.54) is 12.3 Å². The van der Waals surface area contributed by atoms with E-state index in [1.54, 1.807) is 0 Å². The van der Waals surface area contributed by atoms with Gasteiger partial charge in [0, 0.05) is 23.5 Å². The molecule has 1 aromatic heterocycles. The molecule has 0 atom stereocenters. The van der Waals surface area contributed by atoms with Crippen LogP contribution in [-0.2, 0) is 0 Å². The van der Waals surface area contributed by atoms with Gasteiger partial charge in [0.1, 0.15) is 5.82 Å². The minimum Gasteiger partial charge on any atom is -0.478 e. The summed E-state index contributed by atoms with van der Waals surface area (Å²) in [4.78, 5) is 25.6. The predicted molar refractivity (Wildman–Crippen MR) is 63.5 cm³/mol. The second-order valence-electron chi connectivity index (χ2n) is 3.73. The van der Waals surface area contributed by atoms with E-state index in [9.17, 15) is 14.0 Å². The van der Waals surface area contributed by atoms with E-state index in [2.05, 4.69) is 4.98 Å². The summed E-state index contributed by atoms with van der Waals surface area (Å²) in [5.74, 6) is -3.17. The molecule has 2 N–H and O–H groups in total. The normalized spacial score (nSPS) is 10.2. The van der Waals surface area contributed by atoms with Crippen LogP contribution in [0.1, 0.15) is 20.7 Å². The number of pyridine rings is 1. The predicted octanol–water partition coefficient (Wildman–Crippen LogP) is 2.28. The summed E-state index contributed by atoms with van der Waals surface area (Å²) in [5.41, 5.74) is -0.309. The Bertz CT molecular complexity index is 669. The summed E-state index contributed by atoms with van der Waals surface area (Å²) in [6.07, 6.45) is 2.40. The molecule has 6 heteroatoms. The van der Waals surface area contributed by atoms with Crippen LogP contribution in [0.2, 0.25) is 0 Å². The lowest BCUT2D eigenvalue weighted by Gasteiger charge is -2.07. The maximum absolute atomic E-state index is 13.8. The molecule has 96 valence electrons. The molecule has 0 saturated carbocycles. The molecule has 0 amide bonds. The van der Waals surface area contributed by atoms with Crippen molar-refractivity contribution in [1.82, 2.24) is 4.98 Å². The molecule has 5 nitrogen and oxygen atoms in total. The molecule has 0 aliphatic rings. The zero-order chi connectivity index (χ0) is 14.0. The monoisotopic (exact) mass is 261 g/mol. The number of carbonyl (C=O) groups is 2. The van der Waals surface area contributed by atoms with Crippen molar-refractivity contribution in [3.63, 3.8) is 0 Å². The number of rotatable bonds is 3. The third kappa shape index (κ3) is 2.42. The topological polar surface area (TPSA) is 87.5 Å². The molecule has 0 aliphatic carbocycles. The molecule has 2 aromatic rings. The molecule has 2 rings (SSSR count). The SMILES string of the molecule is O=C(O)c1ccc(F)c(-c2ccncc2C(=O)O)c1. The van der Waals surface area contributed by atoms with Crippen LogP contribution in [0.3, 0.4) is 0 Å². The highest BCUT2D eigenvalue weighted by Gasteiger charge is 2.16. The largest absolute Gasteiger partial charge is 0.478 e. The first-order valence-electron chi connectivity index (χ1n) is 5.21. The number of carboxylic acids is 2. The standard InChI is InChI=1S/C13H8FNO4/c14-11-2-1-7(12(16)17)5-9(11)8-3-4-15-6-10(8)13(18)19/h1-6H,(H,16,17)(H,18,19). The van der Waals surface area contributed by atoms with Crippen molar-refractivity contribution < 1.29 is 24.2 Å². The van der Waals surface area contributed by atoms with Gasteiger partial charge in [0.15, 0.2) is 0 Å². The smallest absolute Gasteiger partial charge is 0.337 e. The maximum atomic E-state index is 13.8. The van der Waals surface area contributed by atoms with Crippen LogP contribution in [0.25, 0.3) is 11.1 Å². The van der Waals surface area contributed by atoms with Gasteiger partial charge in [0.2, 0.25) is 0 Å². The highest BCUT2D eigenvalue weighted by molar-refractivity contribution is 5.97. The molecule has 0 bridgehead atoms. The van der Waals surface area contributed by atoms with Crippen molar-refractivity contribution in [2.24, 2.45) is 0 Å². The quantitative estimate of drug-likeness (QED) is 0.884. The summed E-state index contributed by atoms with van der Waals surface area (Å²) in [6, 6.07) is 4.53. The second-order valence-corrected chi connectivity index (χ2v) is 3.73. The van der Waals surface area contributed by atoms with Crippen molar-refractivity contribution in [3.8, 4) is 11.1 Å². The number of halogens is 1. The van der Waals surface area contributed by atoms with Gasteiger partial charge in [-0.3, -0.25) is 4.98 Å². The van der Waals surface area contributed by atoms with Crippen molar-refractivity contribution in [2.45, 2.75) is 0 Å². The Morgan fingerprint density at radius 1 is 1.05 bits per heavy atom. The second kappa shape index (κ2) is 4.85. The summed E-state index contributed by atoms with van der Waals surface area (Å²) >= 11 is 0. The van der Waals surface area contributed by atoms with E-state index in [0.717, 1.165) is 24.4 Å². The molecular weight excluding hydrogens is 253 g/mol. The van der Waals surface area contributed by atoms with Crippen LogP contribution in [-0.4, -0.2) is 27.1 Å². The Balaban J connectivity index is 2.68. The van der Waals surface area contributed by atoms with Crippen LogP contribution in [0.15, 0.2) is 36.7 Å². The Kier molecular flexibility index (Phi) is 3.24. The molecular formula is C13H8FNO4. The van der Waals surface area contributed by atoms with Crippen LogP contribution in [0.5, 0.6) is 0 Å². The molecule has 0 saturated heterocycles. The Morgan fingerprint density at radius 2 is 1.79 bits per heavy atom. The van der Waals surface area contributed by atoms with Gasteiger partial charge >= 0.3 is 11.9 Å². The minimum atomic E-state index is -1.26. The van der Waals surface area contributed by atoms with E-state index in [-0.39, 0.29) is 22.3 Å². The number of hydrogen-bond acceptors (Lipinski definition) is 3. The lowest BCUT2D eigenvalue weighted by molar-refractivity contribution is 0.0687. The van der Waals surface area contributed by atoms with E-state index in [4.69, 9.17) is 10.2 Å². The summed E-state index contributed by atoms with van der Waals surface area (Å²) in [5, 5.41) is 17.9. The van der Waals surface area contributed by atoms with E-state index in [0.29, 0.717) is 0 Å². The average Bonchev–Trinajstić information content (AvgIpc) is 2.39. The van der Waals surface area contributed by atoms with E-state index < -0.39 is 17.8 Å². The molecule has 0 fully saturated rings. The van der Waals surface area contributed by atoms with Crippen molar-refractivity contribution in [1.29, 1.82) is 0 Å². The molecule has 19 heavy (non-hydrogen) atoms. The molecule has 0 aliphatic heterocycles. The number of hydrogen-bond donors (Lipinski definition) is 2. The first kappa shape index (κ1) is 12.7. The molecule has 0 spiro atoms. The zero-order valence-electron chi connectivity index (χ0n) is 9.50. The van der Waals surface area contributed by atoms with Gasteiger partial charge in [-0.15, -0.1) is 0 Å². The Hall–Kier alpha value is -2.76. The maximum Gasteiger partial charge on any atom is 0.337 e. The van der Waals surface area contributed by atoms with Gasteiger partial charge in [-0.2, -0.15) is 0 Å². The van der Waals surface area contributed by atoms with Crippen LogP contribution < -0.4 is 0 Å². The lowest BCUT2D eigenvalue weighted by Crippen LogP contribution is -2.03. The summed E-state index contributed by atoms with van der Waals surface area (Å²) in [6.45, 7) is 0. The highest BCUT2D eigenvalue weighted by Crippen LogP contribution is 2.27. The Labute approximate surface area is 107 Å². The highest BCUT2D eigenvalue weighted by atomic mass is 19.1. The van der Waals surface area contributed by atoms with Gasteiger partial charge in [-0.25, -0.2) is 14.0 Å². The number of aromatic nitrogens is 1. The van der Waals surface area contributed by atoms with Crippen LogP contribution >= 0.6 is 0 Å². The third-order valence-electron chi connectivity index (χ3n) is 2.55. The van der Waals surface area contributed by atoms with Crippen LogP contribution in [0, 0.1) is 5.82 Å². The summed E-state index contributed by atoms with van der Waals surface area (Å²) in [7, 11) is 0. The van der Waals surface area contributed by atoms with Gasteiger partial charge in [-0.1, -0.05) is 0 Å². The lowest BCUT2D eigenvalue weighted by atomic mass is 9.99. The fourth-order valence-electron chi connectivity index (χ4n) is 1.66. The van der Waals surface area contributed by atoms with Gasteiger partial charge in [-0.05, 0) is 24.3 Å². The molecule has 0 unspecified atom stereocenters. The number of aromatic carboxylic acids is 2. The molecule has 1 heterocycles. The fraction of sp³-hybridized carbons (Fsp3) is 0. The third-order valence-corrected chi connectivity index (χ3v) is 2.55. The average molecular weight is 261 g/mol. The van der Waals surface area contributed by atoms with Crippen molar-refractivity contribution in [2.75, 3.05) is 0 Å². The van der Waals surface area contributed by atoms with Crippen LogP contribution in [0.4, 0.5) is 4.39 Å². The summed E-state index contributed by atoms with van der Waals surface area (Å²) < 4.78 is 13.8. The molecule has 1 aromatic carbocycles. The molecule has 0 radical (unpaired) electrons. The first-order chi connectivity index (χ1) is 9.00. The Morgan fingerprint density at radius 3 is 2.42 bits per heavy atom. The fourth-order valence-corrected chi connectivity index (χ4v) is 1.66. The minimum absolute atomic E-state index is 0.0836. The zero-order valence-corrected chi connectivity index (χ0v) is 9.50. The number of carboxylic acid groups (broad SMARTS) is 2. The van der Waals surface area contributed by atoms with Gasteiger partial charge < -0.3 is 10.2 Å². The number of nitrogens with zero attached hydrogens (tertiary/aromatic N) is 1. The van der Waals surface area contributed by atoms with Crippen molar-refractivity contribution in [3.05, 3.63) is 53.6 Å². The van der Waals surface area contributed by atoms with Gasteiger partial charge in [0.05, 0.1) is 11.1 Å². The van der Waals surface area contributed by atoms with Gasteiger partial charge in [0.25, 0.3) is 0 Å². The van der Waals surface area contributed by atoms with E-state index >= 15 is 0 Å². The van der Waals surface area contributed by atoms with E-state index in [1.807, 2.05) is 0 Å². The van der Waals surface area contributed by atoms with Crippen molar-refractivity contribution >= 4 is 11.9 Å². The number of benzene rings is 1. The first-order valence-corrected chi connectivity index (χ1v) is 5.21.